The SMILES string of the molecule is CC(C)(NCc1ccc(C#N)cc1F)C(=O)O. The molecule has 0 amide bonds. The largest absolute Gasteiger partial charge is 0.480 e. The molecule has 4 nitrogen and oxygen atoms in total. The molecule has 0 bridgehead atoms. The Bertz CT molecular complexity index is 478. The Morgan fingerprint density at radius 2 is 2.24 bits per heavy atom. The first kappa shape index (κ1) is 13.1. The smallest absolute Gasteiger partial charge is 0.323 e. The Morgan fingerprint density at radius 1 is 1.59 bits per heavy atom. The number of carboxylic acids is 1. The second-order valence-electron chi connectivity index (χ2n) is 4.20. The van der Waals surface area contributed by atoms with Crippen LogP contribution in [0.15, 0.2) is 18.2 Å². The molecule has 0 saturated carbocycles. The van der Waals surface area contributed by atoms with Crippen molar-refractivity contribution in [1.29, 1.82) is 5.26 Å². The van der Waals surface area contributed by atoms with Gasteiger partial charge in [0.05, 0.1) is 11.6 Å². The molecule has 0 aliphatic carbocycles. The Kier molecular flexibility index (Phi) is 3.81. The minimum absolute atomic E-state index is 0.0941. The third-order valence-corrected chi connectivity index (χ3v) is 2.44. The Labute approximate surface area is 98.7 Å². The summed E-state index contributed by atoms with van der Waals surface area (Å²) in [6, 6.07) is 5.93. The third kappa shape index (κ3) is 3.26. The molecular weight excluding hydrogens is 223 g/mol. The van der Waals surface area contributed by atoms with Gasteiger partial charge in [-0.2, -0.15) is 5.26 Å². The highest BCUT2D eigenvalue weighted by molar-refractivity contribution is 5.77. The number of rotatable bonds is 4. The average molecular weight is 236 g/mol. The van der Waals surface area contributed by atoms with Crippen LogP contribution in [-0.2, 0) is 11.3 Å². The van der Waals surface area contributed by atoms with Gasteiger partial charge in [0.2, 0.25) is 0 Å². The van der Waals surface area contributed by atoms with E-state index in [1.54, 1.807) is 0 Å². The average Bonchev–Trinajstić information content (AvgIpc) is 2.27. The minimum Gasteiger partial charge on any atom is -0.480 e. The van der Waals surface area contributed by atoms with Gasteiger partial charge in [-0.25, -0.2) is 4.39 Å². The predicted molar refractivity (Wildman–Crippen MR) is 59.7 cm³/mol. The van der Waals surface area contributed by atoms with Crippen LogP contribution in [0.2, 0.25) is 0 Å². The standard InChI is InChI=1S/C12H13FN2O2/c1-12(2,11(16)17)15-7-9-4-3-8(6-14)5-10(9)13/h3-5,15H,7H2,1-2H3,(H,16,17). The van der Waals surface area contributed by atoms with E-state index in [9.17, 15) is 9.18 Å². The van der Waals surface area contributed by atoms with Gasteiger partial charge in [0.15, 0.2) is 0 Å². The van der Waals surface area contributed by atoms with Crippen LogP contribution < -0.4 is 5.32 Å². The lowest BCUT2D eigenvalue weighted by molar-refractivity contribution is -0.143. The van der Waals surface area contributed by atoms with Crippen LogP contribution in [0.5, 0.6) is 0 Å². The number of halogens is 1. The third-order valence-electron chi connectivity index (χ3n) is 2.44. The van der Waals surface area contributed by atoms with Crippen molar-refractivity contribution in [3.05, 3.63) is 35.1 Å². The highest BCUT2D eigenvalue weighted by atomic mass is 19.1. The summed E-state index contributed by atoms with van der Waals surface area (Å²) in [4.78, 5) is 10.8. The van der Waals surface area contributed by atoms with Crippen LogP contribution >= 0.6 is 0 Å². The van der Waals surface area contributed by atoms with Crippen molar-refractivity contribution in [1.82, 2.24) is 5.32 Å². The highest BCUT2D eigenvalue weighted by Gasteiger charge is 2.26. The molecular formula is C12H13FN2O2. The molecule has 0 aliphatic heterocycles. The molecule has 2 N–H and O–H groups in total. The number of hydrogen-bond donors (Lipinski definition) is 2. The molecule has 90 valence electrons. The van der Waals surface area contributed by atoms with Gasteiger partial charge in [-0.05, 0) is 26.0 Å². The Hall–Kier alpha value is -1.93. The fourth-order valence-corrected chi connectivity index (χ4v) is 1.15. The molecule has 0 unspecified atom stereocenters. The molecule has 0 aromatic heterocycles. The van der Waals surface area contributed by atoms with Gasteiger partial charge in [-0.15, -0.1) is 0 Å². The van der Waals surface area contributed by atoms with Gasteiger partial charge < -0.3 is 5.11 Å². The van der Waals surface area contributed by atoms with Crippen molar-refractivity contribution in [2.24, 2.45) is 0 Å². The van der Waals surface area contributed by atoms with Crippen LogP contribution in [0.25, 0.3) is 0 Å². The van der Waals surface area contributed by atoms with E-state index in [-0.39, 0.29) is 12.1 Å². The van der Waals surface area contributed by atoms with E-state index in [0.717, 1.165) is 6.07 Å². The molecule has 17 heavy (non-hydrogen) atoms. The maximum atomic E-state index is 13.5. The number of carbonyl (C=O) groups is 1. The van der Waals surface area contributed by atoms with Gasteiger partial charge in [-0.3, -0.25) is 10.1 Å². The summed E-state index contributed by atoms with van der Waals surface area (Å²) < 4.78 is 13.5. The molecule has 0 radical (unpaired) electrons. The maximum absolute atomic E-state index is 13.5. The van der Waals surface area contributed by atoms with E-state index in [1.165, 1.54) is 26.0 Å². The minimum atomic E-state index is -1.12. The number of nitrogens with one attached hydrogen (secondary N) is 1. The summed E-state index contributed by atoms with van der Waals surface area (Å²) in [5.41, 5.74) is -0.553. The Balaban J connectivity index is 2.78. The second-order valence-corrected chi connectivity index (χ2v) is 4.20. The van der Waals surface area contributed by atoms with Crippen LogP contribution in [0.1, 0.15) is 25.0 Å². The Morgan fingerprint density at radius 3 is 2.71 bits per heavy atom. The quantitative estimate of drug-likeness (QED) is 0.833. The zero-order valence-corrected chi connectivity index (χ0v) is 9.62. The lowest BCUT2D eigenvalue weighted by Gasteiger charge is -2.21. The molecule has 0 aliphatic rings. The van der Waals surface area contributed by atoms with Gasteiger partial charge in [0, 0.05) is 12.1 Å². The predicted octanol–water partition coefficient (Wildman–Crippen LogP) is 1.65. The first-order chi connectivity index (χ1) is 7.86. The van der Waals surface area contributed by atoms with E-state index in [1.807, 2.05) is 6.07 Å². The van der Waals surface area contributed by atoms with Crippen LogP contribution in [0.3, 0.4) is 0 Å². The monoisotopic (exact) mass is 236 g/mol. The van der Waals surface area contributed by atoms with Crippen molar-refractivity contribution in [2.75, 3.05) is 0 Å². The van der Waals surface area contributed by atoms with E-state index in [2.05, 4.69) is 5.32 Å². The summed E-state index contributed by atoms with van der Waals surface area (Å²) in [7, 11) is 0. The normalized spacial score (nSPS) is 10.9. The fraction of sp³-hybridized carbons (Fsp3) is 0.333. The molecule has 0 heterocycles. The molecule has 0 atom stereocenters. The first-order valence-electron chi connectivity index (χ1n) is 5.04. The van der Waals surface area contributed by atoms with Gasteiger partial charge in [0.1, 0.15) is 11.4 Å². The van der Waals surface area contributed by atoms with Gasteiger partial charge in [-0.1, -0.05) is 6.07 Å². The topological polar surface area (TPSA) is 73.1 Å². The summed E-state index contributed by atoms with van der Waals surface area (Å²) in [6.07, 6.45) is 0. The summed E-state index contributed by atoms with van der Waals surface area (Å²) >= 11 is 0. The van der Waals surface area contributed by atoms with Crippen molar-refractivity contribution < 1.29 is 14.3 Å². The molecule has 1 rings (SSSR count). The lowest BCUT2D eigenvalue weighted by atomic mass is 10.0. The van der Waals surface area contributed by atoms with E-state index in [0.29, 0.717) is 5.56 Å². The van der Waals surface area contributed by atoms with Crippen molar-refractivity contribution >= 4 is 5.97 Å². The zero-order valence-electron chi connectivity index (χ0n) is 9.62. The van der Waals surface area contributed by atoms with Crippen LogP contribution in [0.4, 0.5) is 4.39 Å². The van der Waals surface area contributed by atoms with Crippen molar-refractivity contribution in [3.8, 4) is 6.07 Å². The molecule has 5 heteroatoms. The number of nitriles is 1. The zero-order chi connectivity index (χ0) is 13.1. The van der Waals surface area contributed by atoms with Crippen molar-refractivity contribution in [2.45, 2.75) is 25.9 Å². The summed E-state index contributed by atoms with van der Waals surface area (Å²) in [5.74, 6) is -1.52. The van der Waals surface area contributed by atoms with Crippen molar-refractivity contribution in [3.63, 3.8) is 0 Å². The number of benzene rings is 1. The van der Waals surface area contributed by atoms with Crippen LogP contribution in [0, 0.1) is 17.1 Å². The number of nitrogens with zero attached hydrogens (tertiary/aromatic N) is 1. The fourth-order valence-electron chi connectivity index (χ4n) is 1.15. The molecule has 0 saturated heterocycles. The maximum Gasteiger partial charge on any atom is 0.323 e. The van der Waals surface area contributed by atoms with Gasteiger partial charge in [0.25, 0.3) is 0 Å². The molecule has 1 aromatic carbocycles. The van der Waals surface area contributed by atoms with E-state index in [4.69, 9.17) is 10.4 Å². The molecule has 1 aromatic rings. The lowest BCUT2D eigenvalue weighted by Crippen LogP contribution is -2.46. The molecule has 0 spiro atoms. The second kappa shape index (κ2) is 4.93. The van der Waals surface area contributed by atoms with Gasteiger partial charge >= 0.3 is 5.97 Å². The highest BCUT2D eigenvalue weighted by Crippen LogP contribution is 2.11. The van der Waals surface area contributed by atoms with E-state index < -0.39 is 17.3 Å². The summed E-state index contributed by atoms with van der Waals surface area (Å²) in [5, 5.41) is 20.2. The number of aliphatic carboxylic acids is 1. The van der Waals surface area contributed by atoms with Crippen LogP contribution in [-0.4, -0.2) is 16.6 Å². The number of hydrogen-bond acceptors (Lipinski definition) is 3. The van der Waals surface area contributed by atoms with E-state index >= 15 is 0 Å². The molecule has 0 fully saturated rings. The number of carboxylic acid groups (broad SMARTS) is 1. The first-order valence-corrected chi connectivity index (χ1v) is 5.04. The summed E-state index contributed by atoms with van der Waals surface area (Å²) in [6.45, 7) is 3.09.